The minimum Gasteiger partial charge on any atom is -0.342 e. The van der Waals surface area contributed by atoms with Gasteiger partial charge in [0.05, 0.1) is 6.20 Å². The van der Waals surface area contributed by atoms with Crippen LogP contribution in [0.5, 0.6) is 0 Å². The molecule has 1 amide bonds. The van der Waals surface area contributed by atoms with Gasteiger partial charge in [-0.05, 0) is 43.2 Å². The zero-order chi connectivity index (χ0) is 17.4. The molecule has 124 valence electrons. The molecule has 0 bridgehead atoms. The minimum absolute atomic E-state index is 0.232. The third-order valence-electron chi connectivity index (χ3n) is 4.01. The summed E-state index contributed by atoms with van der Waals surface area (Å²) >= 11 is 0. The van der Waals surface area contributed by atoms with Crippen molar-refractivity contribution < 1.29 is 9.32 Å². The summed E-state index contributed by atoms with van der Waals surface area (Å²) < 4.78 is 6.54. The van der Waals surface area contributed by atoms with Crippen molar-refractivity contribution in [1.29, 1.82) is 0 Å². The van der Waals surface area contributed by atoms with Gasteiger partial charge < -0.3 is 9.84 Å². The number of nitrogens with one attached hydrogen (secondary N) is 1. The molecule has 4 aromatic rings. The summed E-state index contributed by atoms with van der Waals surface area (Å²) in [5.41, 5.74) is 4.69. The van der Waals surface area contributed by atoms with E-state index < -0.39 is 0 Å². The van der Waals surface area contributed by atoms with Crippen molar-refractivity contribution in [2.45, 2.75) is 13.8 Å². The first-order valence-electron chi connectivity index (χ1n) is 7.74. The standard InChI is InChI=1S/C18H15N5O2/c1-11-5-6-23-15(9-19-16(23)7-11)18(24)21-14-8-13(4-3-12(14)2)17-20-10-25-22-17/h3-10H,1-2H3,(H,21,24). The van der Waals surface area contributed by atoms with Crippen LogP contribution in [0.25, 0.3) is 17.0 Å². The molecule has 25 heavy (non-hydrogen) atoms. The van der Waals surface area contributed by atoms with Gasteiger partial charge in [0, 0.05) is 17.4 Å². The number of aromatic nitrogens is 4. The monoisotopic (exact) mass is 333 g/mol. The molecule has 0 aliphatic heterocycles. The lowest BCUT2D eigenvalue weighted by Crippen LogP contribution is -2.15. The van der Waals surface area contributed by atoms with E-state index in [0.717, 1.165) is 22.3 Å². The predicted octanol–water partition coefficient (Wildman–Crippen LogP) is 3.25. The second kappa shape index (κ2) is 5.86. The van der Waals surface area contributed by atoms with Crippen LogP contribution in [0.4, 0.5) is 5.69 Å². The maximum Gasteiger partial charge on any atom is 0.274 e. The van der Waals surface area contributed by atoms with E-state index in [1.807, 2.05) is 50.4 Å². The Morgan fingerprint density at radius 2 is 2.04 bits per heavy atom. The number of carbonyl (C=O) groups excluding carboxylic acids is 1. The zero-order valence-corrected chi connectivity index (χ0v) is 13.7. The molecule has 1 aromatic carbocycles. The van der Waals surface area contributed by atoms with E-state index in [9.17, 15) is 4.79 Å². The lowest BCUT2D eigenvalue weighted by atomic mass is 10.1. The molecule has 0 fully saturated rings. The van der Waals surface area contributed by atoms with E-state index in [-0.39, 0.29) is 5.91 Å². The van der Waals surface area contributed by atoms with Gasteiger partial charge in [-0.2, -0.15) is 4.98 Å². The number of imidazole rings is 1. The second-order valence-corrected chi connectivity index (χ2v) is 5.81. The highest BCUT2D eigenvalue weighted by atomic mass is 16.5. The number of benzene rings is 1. The molecule has 3 heterocycles. The highest BCUT2D eigenvalue weighted by molar-refractivity contribution is 6.04. The fourth-order valence-electron chi connectivity index (χ4n) is 2.63. The SMILES string of the molecule is Cc1ccn2c(C(=O)Nc3cc(-c4ncon4)ccc3C)cnc2c1. The molecule has 0 unspecified atom stereocenters. The number of amides is 1. The van der Waals surface area contributed by atoms with Crippen molar-refractivity contribution >= 4 is 17.2 Å². The second-order valence-electron chi connectivity index (χ2n) is 5.81. The van der Waals surface area contributed by atoms with Gasteiger partial charge in [-0.1, -0.05) is 17.3 Å². The van der Waals surface area contributed by atoms with Gasteiger partial charge in [-0.3, -0.25) is 9.20 Å². The Morgan fingerprint density at radius 1 is 1.16 bits per heavy atom. The Bertz CT molecular complexity index is 1070. The van der Waals surface area contributed by atoms with E-state index in [1.54, 1.807) is 10.6 Å². The smallest absolute Gasteiger partial charge is 0.274 e. The molecule has 0 saturated carbocycles. The van der Waals surface area contributed by atoms with Gasteiger partial charge in [0.1, 0.15) is 11.3 Å². The van der Waals surface area contributed by atoms with E-state index >= 15 is 0 Å². The Kier molecular flexibility index (Phi) is 3.53. The Morgan fingerprint density at radius 3 is 2.84 bits per heavy atom. The van der Waals surface area contributed by atoms with Crippen LogP contribution < -0.4 is 5.32 Å². The molecule has 0 saturated heterocycles. The van der Waals surface area contributed by atoms with Crippen LogP contribution >= 0.6 is 0 Å². The number of fused-ring (bicyclic) bond motifs is 1. The largest absolute Gasteiger partial charge is 0.342 e. The molecular weight excluding hydrogens is 318 g/mol. The van der Waals surface area contributed by atoms with Crippen LogP contribution in [0.1, 0.15) is 21.6 Å². The molecule has 7 nitrogen and oxygen atoms in total. The Labute approximate surface area is 143 Å². The van der Waals surface area contributed by atoms with Crippen LogP contribution in [-0.2, 0) is 0 Å². The fraction of sp³-hybridized carbons (Fsp3) is 0.111. The molecule has 4 rings (SSSR count). The minimum atomic E-state index is -0.232. The van der Waals surface area contributed by atoms with Crippen molar-refractivity contribution in [1.82, 2.24) is 19.5 Å². The maximum atomic E-state index is 12.7. The average molecular weight is 333 g/mol. The molecular formula is C18H15N5O2. The van der Waals surface area contributed by atoms with Gasteiger partial charge >= 0.3 is 0 Å². The van der Waals surface area contributed by atoms with Crippen molar-refractivity contribution in [3.63, 3.8) is 0 Å². The van der Waals surface area contributed by atoms with E-state index in [4.69, 9.17) is 4.52 Å². The van der Waals surface area contributed by atoms with Crippen LogP contribution in [0.2, 0.25) is 0 Å². The van der Waals surface area contributed by atoms with Crippen LogP contribution in [-0.4, -0.2) is 25.4 Å². The number of hydrogen-bond acceptors (Lipinski definition) is 5. The molecule has 7 heteroatoms. The first kappa shape index (κ1) is 15.1. The lowest BCUT2D eigenvalue weighted by Gasteiger charge is -2.09. The lowest BCUT2D eigenvalue weighted by molar-refractivity contribution is 0.102. The van der Waals surface area contributed by atoms with Gasteiger partial charge in [0.25, 0.3) is 5.91 Å². The summed E-state index contributed by atoms with van der Waals surface area (Å²) in [4.78, 5) is 21.0. The van der Waals surface area contributed by atoms with Crippen molar-refractivity contribution in [3.8, 4) is 11.4 Å². The predicted molar refractivity (Wildman–Crippen MR) is 92.4 cm³/mol. The normalized spacial score (nSPS) is 11.0. The summed E-state index contributed by atoms with van der Waals surface area (Å²) in [6, 6.07) is 9.48. The molecule has 0 atom stereocenters. The molecule has 3 aromatic heterocycles. The Balaban J connectivity index is 1.67. The first-order valence-corrected chi connectivity index (χ1v) is 7.74. The zero-order valence-electron chi connectivity index (χ0n) is 13.7. The number of hydrogen-bond donors (Lipinski definition) is 1. The third kappa shape index (κ3) is 2.76. The molecule has 0 spiro atoms. The van der Waals surface area contributed by atoms with E-state index in [2.05, 4.69) is 20.4 Å². The van der Waals surface area contributed by atoms with E-state index in [1.165, 1.54) is 6.39 Å². The maximum absolute atomic E-state index is 12.7. The number of anilines is 1. The highest BCUT2D eigenvalue weighted by Crippen LogP contribution is 2.23. The summed E-state index contributed by atoms with van der Waals surface area (Å²) in [5, 5.41) is 6.76. The van der Waals surface area contributed by atoms with Gasteiger partial charge in [-0.25, -0.2) is 4.98 Å². The molecule has 0 aliphatic rings. The van der Waals surface area contributed by atoms with Crippen molar-refractivity contribution in [2.75, 3.05) is 5.32 Å². The number of rotatable bonds is 3. The van der Waals surface area contributed by atoms with Gasteiger partial charge in [0.2, 0.25) is 12.2 Å². The Hall–Kier alpha value is -3.48. The first-order chi connectivity index (χ1) is 12.1. The van der Waals surface area contributed by atoms with E-state index in [0.29, 0.717) is 17.2 Å². The fourth-order valence-corrected chi connectivity index (χ4v) is 2.63. The number of carbonyl (C=O) groups is 1. The number of pyridine rings is 1. The summed E-state index contributed by atoms with van der Waals surface area (Å²) in [7, 11) is 0. The topological polar surface area (TPSA) is 85.3 Å². The van der Waals surface area contributed by atoms with Crippen LogP contribution in [0.3, 0.4) is 0 Å². The van der Waals surface area contributed by atoms with Gasteiger partial charge in [-0.15, -0.1) is 0 Å². The number of aryl methyl sites for hydroxylation is 2. The third-order valence-corrected chi connectivity index (χ3v) is 4.01. The molecule has 0 aliphatic carbocycles. The van der Waals surface area contributed by atoms with Gasteiger partial charge in [0.15, 0.2) is 0 Å². The van der Waals surface area contributed by atoms with Crippen LogP contribution in [0.15, 0.2) is 53.6 Å². The molecule has 0 radical (unpaired) electrons. The van der Waals surface area contributed by atoms with Crippen molar-refractivity contribution in [3.05, 3.63) is 65.9 Å². The summed E-state index contributed by atoms with van der Waals surface area (Å²) in [5.74, 6) is 0.241. The average Bonchev–Trinajstić information content (AvgIpc) is 3.25. The molecule has 1 N–H and O–H groups in total. The number of nitrogens with zero attached hydrogens (tertiary/aromatic N) is 4. The highest BCUT2D eigenvalue weighted by Gasteiger charge is 2.14. The van der Waals surface area contributed by atoms with Crippen molar-refractivity contribution in [2.24, 2.45) is 0 Å². The summed E-state index contributed by atoms with van der Waals surface area (Å²) in [6.07, 6.45) is 4.69. The quantitative estimate of drug-likeness (QED) is 0.622. The van der Waals surface area contributed by atoms with Crippen LogP contribution in [0, 0.1) is 13.8 Å². The summed E-state index contributed by atoms with van der Waals surface area (Å²) in [6.45, 7) is 3.91.